The van der Waals surface area contributed by atoms with Gasteiger partial charge in [-0.05, 0) is 52.7 Å². The highest BCUT2D eigenvalue weighted by Crippen LogP contribution is 2.27. The number of carboxylic acid groups (broad SMARTS) is 1. The standard InChI is InChI=1S/C18H18BrNO4/c1-2-3-10-24-16-9-8-12(11-14(16)19)17(21)20-15-7-5-4-6-13(15)18(22)23/h4-9,11H,2-3,10H2,1H3,(H,20,21)(H,22,23). The molecule has 2 aromatic carbocycles. The highest BCUT2D eigenvalue weighted by Gasteiger charge is 2.14. The van der Waals surface area contributed by atoms with Crippen molar-refractivity contribution in [2.45, 2.75) is 19.8 Å². The third kappa shape index (κ3) is 4.58. The molecular weight excluding hydrogens is 374 g/mol. The Labute approximate surface area is 148 Å². The van der Waals surface area contributed by atoms with Crippen LogP contribution in [0.2, 0.25) is 0 Å². The summed E-state index contributed by atoms with van der Waals surface area (Å²) < 4.78 is 6.30. The molecule has 0 saturated carbocycles. The van der Waals surface area contributed by atoms with Crippen molar-refractivity contribution in [3.63, 3.8) is 0 Å². The first-order valence-corrected chi connectivity index (χ1v) is 8.38. The molecule has 2 aromatic rings. The van der Waals surface area contributed by atoms with Crippen molar-refractivity contribution in [1.82, 2.24) is 0 Å². The number of carbonyl (C=O) groups is 2. The van der Waals surface area contributed by atoms with Crippen LogP contribution < -0.4 is 10.1 Å². The van der Waals surface area contributed by atoms with Crippen molar-refractivity contribution >= 4 is 33.5 Å². The molecule has 6 heteroatoms. The first-order chi connectivity index (χ1) is 11.5. The molecule has 0 bridgehead atoms. The number of hydrogen-bond donors (Lipinski definition) is 2. The molecule has 0 heterocycles. The fourth-order valence-corrected chi connectivity index (χ4v) is 2.55. The molecule has 24 heavy (non-hydrogen) atoms. The van der Waals surface area contributed by atoms with Crippen LogP contribution in [-0.2, 0) is 0 Å². The van der Waals surface area contributed by atoms with E-state index in [4.69, 9.17) is 9.84 Å². The van der Waals surface area contributed by atoms with Gasteiger partial charge in [-0.25, -0.2) is 4.79 Å². The molecule has 1 amide bonds. The zero-order chi connectivity index (χ0) is 17.5. The summed E-state index contributed by atoms with van der Waals surface area (Å²) in [6.45, 7) is 2.70. The largest absolute Gasteiger partial charge is 0.492 e. The van der Waals surface area contributed by atoms with Gasteiger partial charge in [-0.2, -0.15) is 0 Å². The number of benzene rings is 2. The van der Waals surface area contributed by atoms with Crippen molar-refractivity contribution in [3.8, 4) is 5.75 Å². The van der Waals surface area contributed by atoms with E-state index in [-0.39, 0.29) is 17.2 Å². The lowest BCUT2D eigenvalue weighted by Crippen LogP contribution is -2.14. The molecule has 5 nitrogen and oxygen atoms in total. The Morgan fingerprint density at radius 2 is 1.96 bits per heavy atom. The van der Waals surface area contributed by atoms with Gasteiger partial charge in [0.2, 0.25) is 0 Å². The summed E-state index contributed by atoms with van der Waals surface area (Å²) in [5.74, 6) is -0.804. The van der Waals surface area contributed by atoms with Gasteiger partial charge < -0.3 is 15.2 Å². The summed E-state index contributed by atoms with van der Waals surface area (Å²) in [5.41, 5.74) is 0.712. The summed E-state index contributed by atoms with van der Waals surface area (Å²) in [7, 11) is 0. The van der Waals surface area contributed by atoms with E-state index < -0.39 is 5.97 Å². The molecule has 0 aliphatic carbocycles. The van der Waals surface area contributed by atoms with Gasteiger partial charge in [0, 0.05) is 5.56 Å². The normalized spacial score (nSPS) is 10.2. The molecular formula is C18H18BrNO4. The zero-order valence-electron chi connectivity index (χ0n) is 13.2. The van der Waals surface area contributed by atoms with Crippen LogP contribution in [-0.4, -0.2) is 23.6 Å². The fourth-order valence-electron chi connectivity index (χ4n) is 2.06. The average Bonchev–Trinajstić information content (AvgIpc) is 2.56. The van der Waals surface area contributed by atoms with Gasteiger partial charge in [-0.3, -0.25) is 4.79 Å². The summed E-state index contributed by atoms with van der Waals surface area (Å²) in [6.07, 6.45) is 2.00. The van der Waals surface area contributed by atoms with Crippen LogP contribution in [0.3, 0.4) is 0 Å². The lowest BCUT2D eigenvalue weighted by Gasteiger charge is -2.11. The van der Waals surface area contributed by atoms with Crippen LogP contribution in [0.5, 0.6) is 5.75 Å². The van der Waals surface area contributed by atoms with Gasteiger partial charge in [0.1, 0.15) is 5.75 Å². The topological polar surface area (TPSA) is 75.6 Å². The van der Waals surface area contributed by atoms with Crippen molar-refractivity contribution in [2.75, 3.05) is 11.9 Å². The van der Waals surface area contributed by atoms with E-state index in [1.165, 1.54) is 6.07 Å². The third-order valence-corrected chi connectivity index (χ3v) is 3.97. The summed E-state index contributed by atoms with van der Waals surface area (Å²) in [5, 5.41) is 11.8. The predicted octanol–water partition coefficient (Wildman–Crippen LogP) is 4.58. The molecule has 0 aliphatic heterocycles. The minimum Gasteiger partial charge on any atom is -0.492 e. The highest BCUT2D eigenvalue weighted by molar-refractivity contribution is 9.10. The number of ether oxygens (including phenoxy) is 1. The average molecular weight is 392 g/mol. The maximum atomic E-state index is 12.3. The van der Waals surface area contributed by atoms with Gasteiger partial charge in [0.15, 0.2) is 0 Å². The molecule has 0 aliphatic rings. The van der Waals surface area contributed by atoms with Crippen LogP contribution >= 0.6 is 15.9 Å². The quantitative estimate of drug-likeness (QED) is 0.677. The second-order valence-electron chi connectivity index (χ2n) is 5.15. The molecule has 0 radical (unpaired) electrons. The molecule has 0 spiro atoms. The molecule has 0 unspecified atom stereocenters. The van der Waals surface area contributed by atoms with E-state index in [2.05, 4.69) is 28.2 Å². The van der Waals surface area contributed by atoms with E-state index in [1.54, 1.807) is 36.4 Å². The Bertz CT molecular complexity index is 746. The number of hydrogen-bond acceptors (Lipinski definition) is 3. The number of unbranched alkanes of at least 4 members (excludes halogenated alkanes) is 1. The SMILES string of the molecule is CCCCOc1ccc(C(=O)Nc2ccccc2C(=O)O)cc1Br. The van der Waals surface area contributed by atoms with E-state index in [0.717, 1.165) is 12.8 Å². The maximum Gasteiger partial charge on any atom is 0.337 e. The molecule has 0 fully saturated rings. The maximum absolute atomic E-state index is 12.3. The van der Waals surface area contributed by atoms with Gasteiger partial charge >= 0.3 is 5.97 Å². The Balaban J connectivity index is 2.13. The van der Waals surface area contributed by atoms with Gasteiger partial charge in [0.05, 0.1) is 22.3 Å². The first kappa shape index (κ1) is 18.0. The van der Waals surface area contributed by atoms with Crippen LogP contribution in [0.1, 0.15) is 40.5 Å². The Hall–Kier alpha value is -2.34. The molecule has 0 saturated heterocycles. The molecule has 126 valence electrons. The second kappa shape index (κ2) is 8.49. The van der Waals surface area contributed by atoms with Crippen molar-refractivity contribution in [2.24, 2.45) is 0 Å². The van der Waals surface area contributed by atoms with Gasteiger partial charge in [0.25, 0.3) is 5.91 Å². The fraction of sp³-hybridized carbons (Fsp3) is 0.222. The first-order valence-electron chi connectivity index (χ1n) is 7.59. The second-order valence-corrected chi connectivity index (χ2v) is 6.01. The molecule has 2 N–H and O–H groups in total. The molecule has 2 rings (SSSR count). The number of rotatable bonds is 7. The highest BCUT2D eigenvalue weighted by atomic mass is 79.9. The van der Waals surface area contributed by atoms with Crippen molar-refractivity contribution in [1.29, 1.82) is 0 Å². The van der Waals surface area contributed by atoms with Crippen molar-refractivity contribution < 1.29 is 19.4 Å². The Morgan fingerprint density at radius 3 is 2.62 bits per heavy atom. The summed E-state index contributed by atoms with van der Waals surface area (Å²) in [4.78, 5) is 23.5. The lowest BCUT2D eigenvalue weighted by molar-refractivity contribution is 0.0698. The van der Waals surface area contributed by atoms with E-state index in [0.29, 0.717) is 22.4 Å². The number of carboxylic acids is 1. The summed E-state index contributed by atoms with van der Waals surface area (Å²) in [6, 6.07) is 11.3. The number of anilines is 1. The van der Waals surface area contributed by atoms with Crippen LogP contribution in [0.25, 0.3) is 0 Å². The molecule has 0 aromatic heterocycles. The zero-order valence-corrected chi connectivity index (χ0v) is 14.8. The Morgan fingerprint density at radius 1 is 1.21 bits per heavy atom. The van der Waals surface area contributed by atoms with Crippen LogP contribution in [0.15, 0.2) is 46.9 Å². The van der Waals surface area contributed by atoms with Gasteiger partial charge in [-0.15, -0.1) is 0 Å². The van der Waals surface area contributed by atoms with Crippen molar-refractivity contribution in [3.05, 3.63) is 58.1 Å². The number of para-hydroxylation sites is 1. The van der Waals surface area contributed by atoms with E-state index in [9.17, 15) is 9.59 Å². The predicted molar refractivity (Wildman–Crippen MR) is 95.9 cm³/mol. The van der Waals surface area contributed by atoms with E-state index in [1.807, 2.05) is 0 Å². The minimum atomic E-state index is -1.09. The van der Waals surface area contributed by atoms with Gasteiger partial charge in [-0.1, -0.05) is 25.5 Å². The number of halogens is 1. The van der Waals surface area contributed by atoms with Crippen LogP contribution in [0.4, 0.5) is 5.69 Å². The number of aromatic carboxylic acids is 1. The monoisotopic (exact) mass is 391 g/mol. The number of carbonyl (C=O) groups excluding carboxylic acids is 1. The molecule has 0 atom stereocenters. The smallest absolute Gasteiger partial charge is 0.337 e. The summed E-state index contributed by atoms with van der Waals surface area (Å²) >= 11 is 3.39. The number of nitrogens with one attached hydrogen (secondary N) is 1. The third-order valence-electron chi connectivity index (χ3n) is 3.36. The lowest BCUT2D eigenvalue weighted by atomic mass is 10.1. The Kier molecular flexibility index (Phi) is 6.37. The van der Waals surface area contributed by atoms with Crippen LogP contribution in [0, 0.1) is 0 Å². The number of amides is 1. The minimum absolute atomic E-state index is 0.0458. The van der Waals surface area contributed by atoms with E-state index >= 15 is 0 Å².